The van der Waals surface area contributed by atoms with Crippen LogP contribution in [-0.4, -0.2) is 42.7 Å². The largest absolute Gasteiger partial charge is 0.466 e. The molecule has 6 nitrogen and oxygen atoms in total. The lowest BCUT2D eigenvalue weighted by Crippen LogP contribution is -2.49. The van der Waals surface area contributed by atoms with Crippen molar-refractivity contribution >= 4 is 29.5 Å². The average molecular weight is 469 g/mol. The van der Waals surface area contributed by atoms with Gasteiger partial charge in [-0.3, -0.25) is 14.4 Å². The van der Waals surface area contributed by atoms with Crippen LogP contribution in [0.3, 0.4) is 0 Å². The van der Waals surface area contributed by atoms with Gasteiger partial charge in [0.05, 0.1) is 18.4 Å². The maximum Gasteiger partial charge on any atom is 0.309 e. The summed E-state index contributed by atoms with van der Waals surface area (Å²) in [5.74, 6) is -0.361. The minimum atomic E-state index is -0.647. The van der Waals surface area contributed by atoms with Gasteiger partial charge < -0.3 is 15.4 Å². The summed E-state index contributed by atoms with van der Waals surface area (Å²) in [6, 6.07) is 19.5. The molecule has 2 N–H and O–H groups in total. The van der Waals surface area contributed by atoms with E-state index in [2.05, 4.69) is 22.8 Å². The zero-order valence-electron chi connectivity index (χ0n) is 19.0. The molecule has 0 unspecified atom stereocenters. The van der Waals surface area contributed by atoms with Crippen LogP contribution in [0.25, 0.3) is 0 Å². The predicted molar refractivity (Wildman–Crippen MR) is 131 cm³/mol. The smallest absolute Gasteiger partial charge is 0.309 e. The van der Waals surface area contributed by atoms with Crippen LogP contribution in [0.5, 0.6) is 0 Å². The summed E-state index contributed by atoms with van der Waals surface area (Å²) in [6.07, 6.45) is 2.18. The van der Waals surface area contributed by atoms with Crippen LogP contribution >= 0.6 is 11.8 Å². The first kappa shape index (κ1) is 24.8. The molecule has 0 aromatic heterocycles. The van der Waals surface area contributed by atoms with Crippen molar-refractivity contribution in [3.63, 3.8) is 0 Å². The molecular formula is C26H32N2O4S. The standard InChI is InChI=1S/C26H32N2O4S/c1-2-32-26(31)22-16-21(22)24(29)28-23(18-33-17-20-12-7-4-8-13-20)25(30)27-15-9-14-19-10-5-3-6-11-19/h3-8,10-13,21-23H,2,9,14-18H2,1H3,(H,27,30)(H,28,29)/t21-,22-,23-/m0/s1. The number of ether oxygens (including phenoxy) is 1. The number of benzene rings is 2. The number of rotatable bonds is 13. The van der Waals surface area contributed by atoms with Crippen LogP contribution in [0.4, 0.5) is 0 Å². The third kappa shape index (κ3) is 8.24. The van der Waals surface area contributed by atoms with Crippen molar-refractivity contribution in [3.8, 4) is 0 Å². The molecule has 0 spiro atoms. The maximum atomic E-state index is 12.9. The van der Waals surface area contributed by atoms with Crippen LogP contribution in [-0.2, 0) is 31.3 Å². The van der Waals surface area contributed by atoms with Crippen molar-refractivity contribution in [3.05, 3.63) is 71.8 Å². The van der Waals surface area contributed by atoms with Gasteiger partial charge in [-0.25, -0.2) is 0 Å². The number of hydrogen-bond acceptors (Lipinski definition) is 5. The van der Waals surface area contributed by atoms with Crippen LogP contribution in [0.1, 0.15) is 30.9 Å². The zero-order chi connectivity index (χ0) is 23.5. The number of hydrogen-bond donors (Lipinski definition) is 2. The number of aryl methyl sites for hydroxylation is 1. The molecule has 2 aromatic rings. The fourth-order valence-corrected chi connectivity index (χ4v) is 4.61. The Labute approximate surface area is 199 Å². The van der Waals surface area contributed by atoms with Crippen LogP contribution < -0.4 is 10.6 Å². The zero-order valence-corrected chi connectivity index (χ0v) is 19.8. The second-order valence-corrected chi connectivity index (χ2v) is 9.17. The number of carbonyl (C=O) groups is 3. The molecule has 176 valence electrons. The highest BCUT2D eigenvalue weighted by Gasteiger charge is 2.49. The fraction of sp³-hybridized carbons (Fsp3) is 0.423. The summed E-state index contributed by atoms with van der Waals surface area (Å²) in [7, 11) is 0. The Morgan fingerprint density at radius 3 is 2.33 bits per heavy atom. The van der Waals surface area contributed by atoms with Crippen molar-refractivity contribution in [1.29, 1.82) is 0 Å². The Morgan fingerprint density at radius 1 is 1.00 bits per heavy atom. The highest BCUT2D eigenvalue weighted by atomic mass is 32.2. The first-order valence-electron chi connectivity index (χ1n) is 11.5. The summed E-state index contributed by atoms with van der Waals surface area (Å²) in [5, 5.41) is 5.83. The molecule has 33 heavy (non-hydrogen) atoms. The van der Waals surface area contributed by atoms with Crippen molar-refractivity contribution in [1.82, 2.24) is 10.6 Å². The molecule has 0 radical (unpaired) electrons. The van der Waals surface area contributed by atoms with E-state index in [4.69, 9.17) is 4.74 Å². The highest BCUT2D eigenvalue weighted by Crippen LogP contribution is 2.39. The SMILES string of the molecule is CCOC(=O)[C@H]1C[C@@H]1C(=O)N[C@@H](CSCc1ccccc1)C(=O)NCCCc1ccccc1. The summed E-state index contributed by atoms with van der Waals surface area (Å²) >= 11 is 1.60. The van der Waals surface area contributed by atoms with Crippen LogP contribution in [0.15, 0.2) is 60.7 Å². The van der Waals surface area contributed by atoms with Crippen molar-refractivity contribution < 1.29 is 19.1 Å². The molecule has 2 amide bonds. The normalized spacial score (nSPS) is 17.6. The monoisotopic (exact) mass is 468 g/mol. The molecule has 0 bridgehead atoms. The van der Waals surface area contributed by atoms with Crippen molar-refractivity contribution in [2.45, 2.75) is 38.0 Å². The Hall–Kier alpha value is -2.80. The van der Waals surface area contributed by atoms with E-state index in [1.165, 1.54) is 11.1 Å². The lowest BCUT2D eigenvalue weighted by atomic mass is 10.1. The first-order valence-corrected chi connectivity index (χ1v) is 12.6. The van der Waals surface area contributed by atoms with E-state index in [1.54, 1.807) is 18.7 Å². The van der Waals surface area contributed by atoms with E-state index in [9.17, 15) is 14.4 Å². The van der Waals surface area contributed by atoms with Gasteiger partial charge in [0.1, 0.15) is 6.04 Å². The second kappa shape index (κ2) is 13.0. The van der Waals surface area contributed by atoms with Gasteiger partial charge in [0.2, 0.25) is 11.8 Å². The minimum Gasteiger partial charge on any atom is -0.466 e. The number of esters is 1. The fourth-order valence-electron chi connectivity index (χ4n) is 3.60. The van der Waals surface area contributed by atoms with E-state index in [0.29, 0.717) is 25.3 Å². The number of amides is 2. The molecule has 0 aliphatic heterocycles. The van der Waals surface area contributed by atoms with E-state index >= 15 is 0 Å². The average Bonchev–Trinajstić information content (AvgIpc) is 3.64. The quantitative estimate of drug-likeness (QED) is 0.348. The van der Waals surface area contributed by atoms with Gasteiger partial charge in [0.25, 0.3) is 0 Å². The molecule has 1 aliphatic carbocycles. The molecular weight excluding hydrogens is 436 g/mol. The Bertz CT molecular complexity index is 907. The molecule has 1 aliphatic rings. The molecule has 0 saturated heterocycles. The minimum absolute atomic E-state index is 0.190. The highest BCUT2D eigenvalue weighted by molar-refractivity contribution is 7.98. The predicted octanol–water partition coefficient (Wildman–Crippen LogP) is 3.35. The van der Waals surface area contributed by atoms with Gasteiger partial charge >= 0.3 is 5.97 Å². The molecule has 3 atom stereocenters. The Morgan fingerprint density at radius 2 is 1.67 bits per heavy atom. The Balaban J connectivity index is 1.49. The van der Waals surface area contributed by atoms with Crippen LogP contribution in [0, 0.1) is 11.8 Å². The van der Waals surface area contributed by atoms with Gasteiger partial charge in [-0.15, -0.1) is 0 Å². The Kier molecular flexibility index (Phi) is 9.81. The molecule has 0 heterocycles. The molecule has 1 fully saturated rings. The summed E-state index contributed by atoms with van der Waals surface area (Å²) < 4.78 is 5.01. The number of nitrogens with one attached hydrogen (secondary N) is 2. The first-order chi connectivity index (χ1) is 16.1. The lowest BCUT2D eigenvalue weighted by Gasteiger charge is -2.18. The van der Waals surface area contributed by atoms with Gasteiger partial charge in [0.15, 0.2) is 0 Å². The molecule has 1 saturated carbocycles. The number of carbonyl (C=O) groups excluding carboxylic acids is 3. The second-order valence-electron chi connectivity index (χ2n) is 8.14. The van der Waals surface area contributed by atoms with Gasteiger partial charge in [0, 0.05) is 18.1 Å². The maximum absolute atomic E-state index is 12.9. The summed E-state index contributed by atoms with van der Waals surface area (Å²) in [6.45, 7) is 2.59. The topological polar surface area (TPSA) is 84.5 Å². The van der Waals surface area contributed by atoms with Gasteiger partial charge in [-0.2, -0.15) is 11.8 Å². The van der Waals surface area contributed by atoms with Crippen molar-refractivity contribution in [2.75, 3.05) is 18.9 Å². The molecule has 7 heteroatoms. The van der Waals surface area contributed by atoms with Gasteiger partial charge in [-0.1, -0.05) is 60.7 Å². The summed E-state index contributed by atoms with van der Waals surface area (Å²) in [4.78, 5) is 37.4. The third-order valence-electron chi connectivity index (χ3n) is 5.53. The summed E-state index contributed by atoms with van der Waals surface area (Å²) in [5.41, 5.74) is 2.40. The third-order valence-corrected chi connectivity index (χ3v) is 6.64. The van der Waals surface area contributed by atoms with Crippen LogP contribution in [0.2, 0.25) is 0 Å². The molecule has 3 rings (SSSR count). The molecule has 2 aromatic carbocycles. The lowest BCUT2D eigenvalue weighted by molar-refractivity contribution is -0.146. The van der Waals surface area contributed by atoms with Gasteiger partial charge in [-0.05, 0) is 37.3 Å². The van der Waals surface area contributed by atoms with E-state index in [0.717, 1.165) is 18.6 Å². The van der Waals surface area contributed by atoms with E-state index < -0.39 is 17.9 Å². The van der Waals surface area contributed by atoms with E-state index in [1.807, 2.05) is 48.5 Å². The number of thioether (sulfide) groups is 1. The van der Waals surface area contributed by atoms with E-state index in [-0.39, 0.29) is 17.8 Å². The van der Waals surface area contributed by atoms with Crippen molar-refractivity contribution in [2.24, 2.45) is 11.8 Å².